The first-order valence-corrected chi connectivity index (χ1v) is 12.6. The van der Waals surface area contributed by atoms with Gasteiger partial charge in [0, 0.05) is 28.3 Å². The predicted molar refractivity (Wildman–Crippen MR) is 140 cm³/mol. The maximum atomic E-state index is 14.7. The highest BCUT2D eigenvalue weighted by atomic mass is 79.9. The lowest BCUT2D eigenvalue weighted by molar-refractivity contribution is -0.128. The smallest absolute Gasteiger partial charge is 0.323 e. The molecule has 1 saturated heterocycles. The van der Waals surface area contributed by atoms with Gasteiger partial charge >= 0.3 is 5.69 Å². The molecule has 0 unspecified atom stereocenters. The normalized spacial score (nSPS) is 15.6. The topological polar surface area (TPSA) is 96.0 Å². The number of aromatic amines is 2. The number of carbonyl (C=O) groups is 1. The van der Waals surface area contributed by atoms with E-state index in [4.69, 9.17) is 9.84 Å². The highest BCUT2D eigenvalue weighted by Gasteiger charge is 2.36. The van der Waals surface area contributed by atoms with E-state index in [1.807, 2.05) is 24.3 Å². The van der Waals surface area contributed by atoms with Crippen molar-refractivity contribution in [2.75, 3.05) is 13.2 Å². The maximum absolute atomic E-state index is 14.7. The number of fused-ring (bicyclic) bond motifs is 1. The van der Waals surface area contributed by atoms with Crippen molar-refractivity contribution in [3.05, 3.63) is 105 Å². The number of amides is 1. The van der Waals surface area contributed by atoms with Crippen molar-refractivity contribution >= 4 is 32.9 Å². The Hall–Kier alpha value is -4.09. The number of rotatable bonds is 6. The SMILES string of the molecule is O=C1CO[C@H](c2cn(-c3ccc(Br)cc3)nc2-c2ccc(F)cc2)N1CCc1cc2[nH]c(=O)[nH]c2cc1F. The van der Waals surface area contributed by atoms with E-state index in [0.717, 1.165) is 10.2 Å². The Morgan fingerprint density at radius 3 is 2.45 bits per heavy atom. The van der Waals surface area contributed by atoms with Gasteiger partial charge in [0.05, 0.1) is 16.7 Å². The van der Waals surface area contributed by atoms with E-state index >= 15 is 0 Å². The fraction of sp³-hybridized carbons (Fsp3) is 0.148. The van der Waals surface area contributed by atoms with Gasteiger partial charge in [-0.2, -0.15) is 5.10 Å². The molecule has 1 amide bonds. The van der Waals surface area contributed by atoms with Gasteiger partial charge in [0.15, 0.2) is 6.23 Å². The summed E-state index contributed by atoms with van der Waals surface area (Å²) in [5.41, 5.74) is 3.40. The molecule has 0 spiro atoms. The van der Waals surface area contributed by atoms with Crippen LogP contribution in [0.3, 0.4) is 0 Å². The number of aromatic nitrogens is 4. The number of imidazole rings is 1. The van der Waals surface area contributed by atoms with Crippen molar-refractivity contribution in [3.63, 3.8) is 0 Å². The zero-order valence-corrected chi connectivity index (χ0v) is 21.3. The average Bonchev–Trinajstić information content (AvgIpc) is 3.59. The number of H-pyrrole nitrogens is 2. The zero-order chi connectivity index (χ0) is 26.4. The summed E-state index contributed by atoms with van der Waals surface area (Å²) in [6.45, 7) is 0.0382. The molecule has 5 aromatic rings. The van der Waals surface area contributed by atoms with Crippen LogP contribution in [0.2, 0.25) is 0 Å². The highest BCUT2D eigenvalue weighted by molar-refractivity contribution is 9.10. The lowest BCUT2D eigenvalue weighted by atomic mass is 10.1. The molecule has 0 aliphatic carbocycles. The maximum Gasteiger partial charge on any atom is 0.323 e. The molecule has 1 aliphatic heterocycles. The van der Waals surface area contributed by atoms with Crippen molar-refractivity contribution in [1.82, 2.24) is 24.6 Å². The molecule has 2 N–H and O–H groups in total. The van der Waals surface area contributed by atoms with E-state index in [-0.39, 0.29) is 31.3 Å². The first-order chi connectivity index (χ1) is 18.4. The summed E-state index contributed by atoms with van der Waals surface area (Å²) in [6.07, 6.45) is 1.22. The summed E-state index contributed by atoms with van der Waals surface area (Å²) >= 11 is 3.43. The minimum atomic E-state index is -0.773. The standard InChI is InChI=1S/C27H20BrF2N5O3/c28-17-3-7-19(8-4-17)35-13-20(25(33-35)15-1-5-18(29)6-2-15)26-34(24(36)14-38-26)10-9-16-11-22-23(12-21(16)30)32-27(37)31-22/h1-8,11-13,26H,9-10,14H2,(H2,31,32,37)/t26-/m1/s1. The Morgan fingerprint density at radius 1 is 1.00 bits per heavy atom. The first kappa shape index (κ1) is 24.3. The minimum absolute atomic E-state index is 0.135. The number of nitrogens with zero attached hydrogens (tertiary/aromatic N) is 3. The van der Waals surface area contributed by atoms with Crippen LogP contribution < -0.4 is 5.69 Å². The number of carbonyl (C=O) groups excluding carboxylic acids is 1. The molecular formula is C27H20BrF2N5O3. The van der Waals surface area contributed by atoms with Crippen LogP contribution in [0.15, 0.2) is 76.1 Å². The van der Waals surface area contributed by atoms with Crippen LogP contribution in [0.25, 0.3) is 28.0 Å². The highest BCUT2D eigenvalue weighted by Crippen LogP contribution is 2.35. The average molecular weight is 580 g/mol. The summed E-state index contributed by atoms with van der Waals surface area (Å²) in [5, 5.41) is 4.75. The minimum Gasteiger partial charge on any atom is -0.344 e. The van der Waals surface area contributed by atoms with Crippen LogP contribution in [0, 0.1) is 11.6 Å². The third-order valence-electron chi connectivity index (χ3n) is 6.49. The van der Waals surface area contributed by atoms with Gasteiger partial charge in [-0.1, -0.05) is 15.9 Å². The Balaban J connectivity index is 1.35. The number of benzene rings is 3. The van der Waals surface area contributed by atoms with Crippen LogP contribution in [0.5, 0.6) is 0 Å². The van der Waals surface area contributed by atoms with Gasteiger partial charge in [0.25, 0.3) is 5.91 Å². The molecular weight excluding hydrogens is 560 g/mol. The van der Waals surface area contributed by atoms with E-state index in [0.29, 0.717) is 33.4 Å². The largest absolute Gasteiger partial charge is 0.344 e. The lowest BCUT2D eigenvalue weighted by Gasteiger charge is -2.23. The summed E-state index contributed by atoms with van der Waals surface area (Å²) in [7, 11) is 0. The third-order valence-corrected chi connectivity index (χ3v) is 7.02. The molecule has 11 heteroatoms. The summed E-state index contributed by atoms with van der Waals surface area (Å²) in [6, 6.07) is 16.3. The monoisotopic (exact) mass is 579 g/mol. The molecule has 192 valence electrons. The molecule has 0 saturated carbocycles. The van der Waals surface area contributed by atoms with Gasteiger partial charge in [-0.05, 0) is 72.6 Å². The third kappa shape index (κ3) is 4.54. The Kier molecular flexibility index (Phi) is 6.16. The molecule has 1 fully saturated rings. The van der Waals surface area contributed by atoms with Gasteiger partial charge in [-0.25, -0.2) is 18.3 Å². The molecule has 3 heterocycles. The molecule has 2 aromatic heterocycles. The van der Waals surface area contributed by atoms with Crippen molar-refractivity contribution in [3.8, 4) is 16.9 Å². The summed E-state index contributed by atoms with van der Waals surface area (Å²) < 4.78 is 36.9. The van der Waals surface area contributed by atoms with Crippen molar-refractivity contribution in [2.24, 2.45) is 0 Å². The van der Waals surface area contributed by atoms with E-state index < -0.39 is 17.7 Å². The van der Waals surface area contributed by atoms with Crippen molar-refractivity contribution in [1.29, 1.82) is 0 Å². The molecule has 0 bridgehead atoms. The van der Waals surface area contributed by atoms with Gasteiger partial charge in [0.2, 0.25) is 0 Å². The number of nitrogens with one attached hydrogen (secondary N) is 2. The summed E-state index contributed by atoms with van der Waals surface area (Å²) in [5.74, 6) is -1.10. The van der Waals surface area contributed by atoms with Crippen LogP contribution in [0.1, 0.15) is 17.4 Å². The van der Waals surface area contributed by atoms with E-state index in [2.05, 4.69) is 25.9 Å². The van der Waals surface area contributed by atoms with Crippen LogP contribution in [-0.2, 0) is 16.0 Å². The number of ether oxygens (including phenoxy) is 1. The van der Waals surface area contributed by atoms with Gasteiger partial charge in [-0.15, -0.1) is 0 Å². The molecule has 6 rings (SSSR count). The fourth-order valence-electron chi connectivity index (χ4n) is 4.61. The lowest BCUT2D eigenvalue weighted by Crippen LogP contribution is -2.31. The molecule has 38 heavy (non-hydrogen) atoms. The van der Waals surface area contributed by atoms with Crippen LogP contribution in [-0.4, -0.2) is 43.7 Å². The second kappa shape index (κ2) is 9.66. The van der Waals surface area contributed by atoms with E-state index in [1.54, 1.807) is 34.0 Å². The molecule has 8 nitrogen and oxygen atoms in total. The molecule has 1 aliphatic rings. The van der Waals surface area contributed by atoms with Gasteiger partial charge in [0.1, 0.15) is 23.9 Å². The van der Waals surface area contributed by atoms with Gasteiger partial charge < -0.3 is 19.6 Å². The van der Waals surface area contributed by atoms with Gasteiger partial charge in [-0.3, -0.25) is 4.79 Å². The Morgan fingerprint density at radius 2 is 1.71 bits per heavy atom. The Labute approximate surface area is 223 Å². The van der Waals surface area contributed by atoms with E-state index in [1.165, 1.54) is 18.2 Å². The Bertz CT molecular complexity index is 1710. The zero-order valence-electron chi connectivity index (χ0n) is 19.7. The fourth-order valence-corrected chi connectivity index (χ4v) is 4.88. The number of halogens is 3. The predicted octanol–water partition coefficient (Wildman–Crippen LogP) is 4.85. The quantitative estimate of drug-likeness (QED) is 0.300. The molecule has 0 radical (unpaired) electrons. The second-order valence-corrected chi connectivity index (χ2v) is 9.85. The van der Waals surface area contributed by atoms with Crippen LogP contribution >= 0.6 is 15.9 Å². The van der Waals surface area contributed by atoms with E-state index in [9.17, 15) is 18.4 Å². The second-order valence-electron chi connectivity index (χ2n) is 8.93. The summed E-state index contributed by atoms with van der Waals surface area (Å²) in [4.78, 5) is 31.1. The molecule has 3 aromatic carbocycles. The van der Waals surface area contributed by atoms with Crippen molar-refractivity contribution in [2.45, 2.75) is 12.6 Å². The van der Waals surface area contributed by atoms with Crippen LogP contribution in [0.4, 0.5) is 8.78 Å². The van der Waals surface area contributed by atoms with Crippen molar-refractivity contribution < 1.29 is 18.3 Å². The first-order valence-electron chi connectivity index (χ1n) is 11.8. The number of hydrogen-bond acceptors (Lipinski definition) is 4. The molecule has 1 atom stereocenters. The number of hydrogen-bond donors (Lipinski definition) is 2.